The van der Waals surface area contributed by atoms with Crippen LogP contribution in [0.25, 0.3) is 0 Å². The Balaban J connectivity index is 1.74. The van der Waals surface area contributed by atoms with Gasteiger partial charge in [0.1, 0.15) is 5.76 Å². The Labute approximate surface area is 129 Å². The number of hydrogen-bond acceptors (Lipinski definition) is 5. The van der Waals surface area contributed by atoms with E-state index in [1.54, 1.807) is 13.0 Å². The Morgan fingerprint density at radius 3 is 2.86 bits per heavy atom. The molecule has 1 atom stereocenters. The second-order valence-corrected chi connectivity index (χ2v) is 5.73. The molecule has 1 N–H and O–H groups in total. The molecule has 22 heavy (non-hydrogen) atoms. The summed E-state index contributed by atoms with van der Waals surface area (Å²) < 4.78 is 4.98. The number of rotatable bonds is 3. The number of nitrogens with one attached hydrogen (secondary N) is 1. The van der Waals surface area contributed by atoms with Crippen LogP contribution in [-0.2, 0) is 0 Å². The van der Waals surface area contributed by atoms with Crippen LogP contribution in [0.4, 0.5) is 5.69 Å². The molecule has 0 radical (unpaired) electrons. The number of aromatic nitrogens is 2. The van der Waals surface area contributed by atoms with Gasteiger partial charge in [0.25, 0.3) is 5.91 Å². The molecule has 1 amide bonds. The van der Waals surface area contributed by atoms with Crippen LogP contribution in [0.1, 0.15) is 40.0 Å². The lowest BCUT2D eigenvalue weighted by Crippen LogP contribution is -2.28. The molecule has 0 bridgehead atoms. The van der Waals surface area contributed by atoms with E-state index in [-0.39, 0.29) is 11.8 Å². The third kappa shape index (κ3) is 2.81. The summed E-state index contributed by atoms with van der Waals surface area (Å²) in [6.07, 6.45) is 0.919. The number of pyridine rings is 1. The summed E-state index contributed by atoms with van der Waals surface area (Å²) in [5.41, 5.74) is 3.46. The molecule has 0 saturated carbocycles. The van der Waals surface area contributed by atoms with Crippen molar-refractivity contribution in [3.05, 3.63) is 41.0 Å². The van der Waals surface area contributed by atoms with E-state index in [2.05, 4.69) is 21.5 Å². The van der Waals surface area contributed by atoms with Gasteiger partial charge in [-0.3, -0.25) is 9.78 Å². The van der Waals surface area contributed by atoms with Gasteiger partial charge in [0, 0.05) is 49.2 Å². The van der Waals surface area contributed by atoms with Crippen LogP contribution >= 0.6 is 0 Å². The number of carbonyl (C=O) groups is 1. The molecule has 0 aliphatic carbocycles. The highest BCUT2D eigenvalue weighted by Crippen LogP contribution is 2.28. The van der Waals surface area contributed by atoms with Gasteiger partial charge in [-0.15, -0.1) is 0 Å². The molecule has 2 aromatic rings. The molecule has 1 fully saturated rings. The average molecular weight is 300 g/mol. The van der Waals surface area contributed by atoms with E-state index in [4.69, 9.17) is 4.52 Å². The number of aryl methyl sites for hydroxylation is 2. The van der Waals surface area contributed by atoms with Crippen LogP contribution in [0.5, 0.6) is 0 Å². The smallest absolute Gasteiger partial charge is 0.276 e. The summed E-state index contributed by atoms with van der Waals surface area (Å²) in [6.45, 7) is 5.16. The van der Waals surface area contributed by atoms with Crippen LogP contribution in [0.3, 0.4) is 0 Å². The average Bonchev–Trinajstić information content (AvgIpc) is 3.15. The number of anilines is 1. The molecule has 0 aromatic carbocycles. The van der Waals surface area contributed by atoms with Gasteiger partial charge in [-0.05, 0) is 32.4 Å². The van der Waals surface area contributed by atoms with Gasteiger partial charge in [0.05, 0.1) is 0 Å². The second-order valence-electron chi connectivity index (χ2n) is 5.73. The Hall–Kier alpha value is -2.37. The van der Waals surface area contributed by atoms with Gasteiger partial charge in [-0.1, -0.05) is 5.16 Å². The number of amides is 1. The van der Waals surface area contributed by atoms with E-state index in [0.29, 0.717) is 18.0 Å². The SMILES string of the molecule is CNc1cc(C)nc([C@@H]2CCN(C(=O)c3cc(C)on3)C2)c1. The fourth-order valence-electron chi connectivity index (χ4n) is 2.86. The van der Waals surface area contributed by atoms with Crippen LogP contribution < -0.4 is 5.32 Å². The maximum Gasteiger partial charge on any atom is 0.276 e. The lowest BCUT2D eigenvalue weighted by molar-refractivity contribution is 0.0780. The van der Waals surface area contributed by atoms with E-state index in [9.17, 15) is 4.79 Å². The molecule has 3 heterocycles. The van der Waals surface area contributed by atoms with Crippen molar-refractivity contribution in [1.82, 2.24) is 15.0 Å². The normalized spacial score (nSPS) is 17.8. The standard InChI is InChI=1S/C16H20N4O2/c1-10-6-13(17-3)8-14(18-10)12-4-5-20(9-12)16(21)15-7-11(2)22-19-15/h6-8,12H,4-5,9H2,1-3H3,(H,17,18)/t12-/m1/s1. The second kappa shape index (κ2) is 5.79. The number of carbonyl (C=O) groups excluding carboxylic acids is 1. The first-order valence-electron chi connectivity index (χ1n) is 7.45. The Bertz CT molecular complexity index is 695. The van der Waals surface area contributed by atoms with Gasteiger partial charge >= 0.3 is 0 Å². The third-order valence-corrected chi connectivity index (χ3v) is 4.00. The van der Waals surface area contributed by atoms with Crippen molar-refractivity contribution in [2.45, 2.75) is 26.2 Å². The van der Waals surface area contributed by atoms with Crippen molar-refractivity contribution in [3.63, 3.8) is 0 Å². The molecule has 6 heteroatoms. The van der Waals surface area contributed by atoms with Gasteiger partial charge in [0.15, 0.2) is 5.69 Å². The van der Waals surface area contributed by atoms with Crippen LogP contribution in [0, 0.1) is 13.8 Å². The van der Waals surface area contributed by atoms with Gasteiger partial charge in [-0.2, -0.15) is 0 Å². The first-order chi connectivity index (χ1) is 10.6. The molecule has 1 aliphatic rings. The Morgan fingerprint density at radius 2 is 2.18 bits per heavy atom. The largest absolute Gasteiger partial charge is 0.388 e. The molecule has 2 aromatic heterocycles. The number of nitrogens with zero attached hydrogens (tertiary/aromatic N) is 3. The van der Waals surface area contributed by atoms with E-state index < -0.39 is 0 Å². The maximum atomic E-state index is 12.4. The molecular formula is C16H20N4O2. The topological polar surface area (TPSA) is 71.3 Å². The summed E-state index contributed by atoms with van der Waals surface area (Å²) >= 11 is 0. The fourth-order valence-corrected chi connectivity index (χ4v) is 2.86. The van der Waals surface area contributed by atoms with Gasteiger partial charge in [-0.25, -0.2) is 0 Å². The molecule has 116 valence electrons. The molecule has 6 nitrogen and oxygen atoms in total. The predicted octanol–water partition coefficient (Wildman–Crippen LogP) is 2.36. The zero-order valence-electron chi connectivity index (χ0n) is 13.1. The molecule has 1 saturated heterocycles. The number of hydrogen-bond donors (Lipinski definition) is 1. The minimum atomic E-state index is -0.0687. The van der Waals surface area contributed by atoms with E-state index in [0.717, 1.165) is 30.0 Å². The van der Waals surface area contributed by atoms with Gasteiger partial charge < -0.3 is 14.7 Å². The first-order valence-corrected chi connectivity index (χ1v) is 7.45. The molecule has 3 rings (SSSR count). The highest BCUT2D eigenvalue weighted by Gasteiger charge is 2.30. The lowest BCUT2D eigenvalue weighted by atomic mass is 10.0. The van der Waals surface area contributed by atoms with Crippen molar-refractivity contribution in [2.24, 2.45) is 0 Å². The Morgan fingerprint density at radius 1 is 1.36 bits per heavy atom. The first kappa shape index (κ1) is 14.6. The summed E-state index contributed by atoms with van der Waals surface area (Å²) in [4.78, 5) is 18.8. The monoisotopic (exact) mass is 300 g/mol. The third-order valence-electron chi connectivity index (χ3n) is 4.00. The summed E-state index contributed by atoms with van der Waals surface area (Å²) in [6, 6.07) is 5.76. The zero-order chi connectivity index (χ0) is 15.7. The summed E-state index contributed by atoms with van der Waals surface area (Å²) in [5.74, 6) is 0.850. The summed E-state index contributed by atoms with van der Waals surface area (Å²) in [7, 11) is 1.90. The maximum absolute atomic E-state index is 12.4. The van der Waals surface area contributed by atoms with Crippen LogP contribution in [0.15, 0.2) is 22.7 Å². The van der Waals surface area contributed by atoms with E-state index >= 15 is 0 Å². The van der Waals surface area contributed by atoms with Gasteiger partial charge in [0.2, 0.25) is 0 Å². The van der Waals surface area contributed by atoms with Crippen LogP contribution in [0.2, 0.25) is 0 Å². The minimum Gasteiger partial charge on any atom is -0.388 e. The van der Waals surface area contributed by atoms with Crippen molar-refractivity contribution in [3.8, 4) is 0 Å². The molecule has 0 unspecified atom stereocenters. The lowest BCUT2D eigenvalue weighted by Gasteiger charge is -2.15. The molecule has 1 aliphatic heterocycles. The van der Waals surface area contributed by atoms with Crippen LogP contribution in [-0.4, -0.2) is 41.1 Å². The zero-order valence-corrected chi connectivity index (χ0v) is 13.1. The Kier molecular flexibility index (Phi) is 3.83. The van der Waals surface area contributed by atoms with E-state index in [1.807, 2.05) is 24.9 Å². The minimum absolute atomic E-state index is 0.0687. The molecule has 0 spiro atoms. The highest BCUT2D eigenvalue weighted by molar-refractivity contribution is 5.92. The van der Waals surface area contributed by atoms with Crippen molar-refractivity contribution < 1.29 is 9.32 Å². The van der Waals surface area contributed by atoms with Crippen molar-refractivity contribution >= 4 is 11.6 Å². The summed E-state index contributed by atoms with van der Waals surface area (Å²) in [5, 5.41) is 6.96. The van der Waals surface area contributed by atoms with Crippen molar-refractivity contribution in [1.29, 1.82) is 0 Å². The van der Waals surface area contributed by atoms with E-state index in [1.165, 1.54) is 0 Å². The highest BCUT2D eigenvalue weighted by atomic mass is 16.5. The molecular weight excluding hydrogens is 280 g/mol. The van der Waals surface area contributed by atoms with Crippen molar-refractivity contribution in [2.75, 3.05) is 25.5 Å². The number of likely N-dealkylation sites (tertiary alicyclic amines) is 1. The quantitative estimate of drug-likeness (QED) is 0.942. The predicted molar refractivity (Wildman–Crippen MR) is 83.0 cm³/mol. The fraction of sp³-hybridized carbons (Fsp3) is 0.438.